The first-order valence-electron chi connectivity index (χ1n) is 8.44. The molecule has 0 fully saturated rings. The first-order valence-corrected chi connectivity index (χ1v) is 8.44. The van der Waals surface area contributed by atoms with Crippen molar-refractivity contribution >= 4 is 22.2 Å². The molecular formula is C21H19NO3. The fourth-order valence-electron chi connectivity index (χ4n) is 3.44. The van der Waals surface area contributed by atoms with Crippen molar-refractivity contribution in [2.75, 3.05) is 11.9 Å². The molecule has 4 nitrogen and oxygen atoms in total. The average molecular weight is 333 g/mol. The van der Waals surface area contributed by atoms with E-state index < -0.39 is 0 Å². The number of ether oxygens (including phenoxy) is 1. The molecule has 3 aromatic rings. The zero-order chi connectivity index (χ0) is 17.4. The molecule has 1 atom stereocenters. The van der Waals surface area contributed by atoms with E-state index in [4.69, 9.17) is 4.74 Å². The minimum atomic E-state index is -0.138. The van der Waals surface area contributed by atoms with Gasteiger partial charge in [-0.3, -0.25) is 4.79 Å². The van der Waals surface area contributed by atoms with Gasteiger partial charge < -0.3 is 15.2 Å². The maximum atomic E-state index is 12.8. The Morgan fingerprint density at radius 2 is 2.00 bits per heavy atom. The monoisotopic (exact) mass is 333 g/mol. The predicted octanol–water partition coefficient (Wildman–Crippen LogP) is 4.68. The summed E-state index contributed by atoms with van der Waals surface area (Å²) in [6.45, 7) is 2.35. The molecule has 1 aliphatic rings. The molecular weight excluding hydrogens is 314 g/mol. The number of benzene rings is 3. The van der Waals surface area contributed by atoms with Crippen molar-refractivity contribution in [2.45, 2.75) is 19.4 Å². The number of nitrogens with one attached hydrogen (secondary N) is 1. The summed E-state index contributed by atoms with van der Waals surface area (Å²) < 4.78 is 5.46. The topological polar surface area (TPSA) is 58.6 Å². The maximum Gasteiger partial charge on any atom is 0.167 e. The molecule has 0 amide bonds. The second-order valence-corrected chi connectivity index (χ2v) is 6.19. The first kappa shape index (κ1) is 15.5. The van der Waals surface area contributed by atoms with E-state index in [-0.39, 0.29) is 17.6 Å². The minimum absolute atomic E-state index is 0.110. The Hall–Kier alpha value is -3.01. The summed E-state index contributed by atoms with van der Waals surface area (Å²) in [5.41, 5.74) is 2.54. The lowest BCUT2D eigenvalue weighted by Crippen LogP contribution is -2.23. The number of carbonyl (C=O) groups excluding carboxylic acids is 1. The van der Waals surface area contributed by atoms with Crippen LogP contribution in [0.15, 0.2) is 54.6 Å². The zero-order valence-electron chi connectivity index (χ0n) is 14.0. The molecule has 0 aliphatic carbocycles. The summed E-state index contributed by atoms with van der Waals surface area (Å²) in [5.74, 6) is 0.680. The lowest BCUT2D eigenvalue weighted by Gasteiger charge is -2.28. The van der Waals surface area contributed by atoms with Crippen molar-refractivity contribution in [3.05, 3.63) is 65.7 Å². The third kappa shape index (κ3) is 2.70. The highest BCUT2D eigenvalue weighted by Crippen LogP contribution is 2.38. The molecule has 4 rings (SSSR count). The van der Waals surface area contributed by atoms with Gasteiger partial charge in [0, 0.05) is 17.7 Å². The molecule has 0 unspecified atom stereocenters. The molecule has 1 heterocycles. The van der Waals surface area contributed by atoms with Crippen LogP contribution in [0.5, 0.6) is 11.5 Å². The van der Waals surface area contributed by atoms with Crippen LogP contribution in [0.4, 0.5) is 5.69 Å². The van der Waals surface area contributed by atoms with E-state index in [2.05, 4.69) is 5.32 Å². The van der Waals surface area contributed by atoms with Crippen LogP contribution >= 0.6 is 0 Å². The third-order valence-corrected chi connectivity index (χ3v) is 4.61. The summed E-state index contributed by atoms with van der Waals surface area (Å²) in [7, 11) is 0. The predicted molar refractivity (Wildman–Crippen MR) is 98.5 cm³/mol. The molecule has 0 saturated heterocycles. The molecule has 2 N–H and O–H groups in total. The number of anilines is 1. The molecule has 0 spiro atoms. The normalized spacial score (nSPS) is 16.4. The Bertz CT molecular complexity index is 965. The highest BCUT2D eigenvalue weighted by Gasteiger charge is 2.27. The van der Waals surface area contributed by atoms with Gasteiger partial charge in [0.25, 0.3) is 0 Å². The molecule has 126 valence electrons. The van der Waals surface area contributed by atoms with Gasteiger partial charge in [-0.2, -0.15) is 0 Å². The Kier molecular flexibility index (Phi) is 3.80. The van der Waals surface area contributed by atoms with Crippen molar-refractivity contribution < 1.29 is 14.6 Å². The van der Waals surface area contributed by atoms with Gasteiger partial charge in [-0.25, -0.2) is 0 Å². The number of rotatable bonds is 3. The van der Waals surface area contributed by atoms with E-state index in [1.165, 1.54) is 0 Å². The number of phenols is 1. The Balaban J connectivity index is 1.74. The molecule has 0 bridgehead atoms. The molecule has 0 saturated carbocycles. The van der Waals surface area contributed by atoms with Gasteiger partial charge in [0.2, 0.25) is 0 Å². The Morgan fingerprint density at radius 3 is 2.84 bits per heavy atom. The second-order valence-electron chi connectivity index (χ2n) is 6.19. The number of ketones is 1. The van der Waals surface area contributed by atoms with Crippen LogP contribution in [0.2, 0.25) is 0 Å². The summed E-state index contributed by atoms with van der Waals surface area (Å²) in [6.07, 6.45) is 0.372. The SMILES string of the molecule is CCOc1cc([C@@H]2CC(=O)c3c(ccc4ccccc34)N2)ccc1O. The number of hydrogen-bond donors (Lipinski definition) is 2. The fraction of sp³-hybridized carbons (Fsp3) is 0.190. The van der Waals surface area contributed by atoms with Crippen molar-refractivity contribution in [3.63, 3.8) is 0 Å². The number of Topliss-reactive ketones (excluding diaryl/α,β-unsaturated/α-hetero) is 1. The maximum absolute atomic E-state index is 12.8. The molecule has 0 radical (unpaired) electrons. The largest absolute Gasteiger partial charge is 0.504 e. The van der Waals surface area contributed by atoms with Crippen molar-refractivity contribution in [1.82, 2.24) is 0 Å². The smallest absolute Gasteiger partial charge is 0.167 e. The van der Waals surface area contributed by atoms with Gasteiger partial charge in [-0.05, 0) is 41.5 Å². The Morgan fingerprint density at radius 1 is 1.16 bits per heavy atom. The van der Waals surface area contributed by atoms with Crippen LogP contribution in [-0.4, -0.2) is 17.5 Å². The van der Waals surface area contributed by atoms with E-state index in [0.717, 1.165) is 27.6 Å². The van der Waals surface area contributed by atoms with Crippen LogP contribution in [0.3, 0.4) is 0 Å². The number of aromatic hydroxyl groups is 1. The van der Waals surface area contributed by atoms with E-state index in [9.17, 15) is 9.90 Å². The zero-order valence-corrected chi connectivity index (χ0v) is 14.0. The molecule has 25 heavy (non-hydrogen) atoms. The van der Waals surface area contributed by atoms with Crippen molar-refractivity contribution in [2.24, 2.45) is 0 Å². The summed E-state index contributed by atoms with van der Waals surface area (Å²) in [6, 6.07) is 17.0. The second kappa shape index (κ2) is 6.13. The quantitative estimate of drug-likeness (QED) is 0.730. The Labute approximate surface area is 146 Å². The van der Waals surface area contributed by atoms with Gasteiger partial charge >= 0.3 is 0 Å². The van der Waals surface area contributed by atoms with Crippen LogP contribution in [0, 0.1) is 0 Å². The van der Waals surface area contributed by atoms with E-state index in [1.807, 2.05) is 49.4 Å². The minimum Gasteiger partial charge on any atom is -0.504 e. The van der Waals surface area contributed by atoms with Crippen LogP contribution in [0.1, 0.15) is 35.3 Å². The van der Waals surface area contributed by atoms with Gasteiger partial charge in [0.15, 0.2) is 17.3 Å². The van der Waals surface area contributed by atoms with E-state index in [1.54, 1.807) is 12.1 Å². The molecule has 4 heteroatoms. The van der Waals surface area contributed by atoms with E-state index >= 15 is 0 Å². The van der Waals surface area contributed by atoms with Crippen molar-refractivity contribution in [3.8, 4) is 11.5 Å². The summed E-state index contributed by atoms with van der Waals surface area (Å²) >= 11 is 0. The molecule has 3 aromatic carbocycles. The fourth-order valence-corrected chi connectivity index (χ4v) is 3.44. The molecule has 1 aliphatic heterocycles. The standard InChI is InChI=1S/C21H19NO3/c1-2-25-20-11-14(8-10-18(20)23)17-12-19(24)21-15-6-4-3-5-13(15)7-9-16(21)22-17/h3-11,17,22-23H,2,12H2,1H3/t17-/m0/s1. The molecule has 0 aromatic heterocycles. The van der Waals surface area contributed by atoms with Gasteiger partial charge in [-0.15, -0.1) is 0 Å². The number of carbonyl (C=O) groups is 1. The van der Waals surface area contributed by atoms with Crippen LogP contribution in [-0.2, 0) is 0 Å². The number of fused-ring (bicyclic) bond motifs is 3. The summed E-state index contributed by atoms with van der Waals surface area (Å²) in [5, 5.41) is 15.4. The van der Waals surface area contributed by atoms with Crippen LogP contribution < -0.4 is 10.1 Å². The van der Waals surface area contributed by atoms with Crippen LogP contribution in [0.25, 0.3) is 10.8 Å². The third-order valence-electron chi connectivity index (χ3n) is 4.61. The van der Waals surface area contributed by atoms with Gasteiger partial charge in [0.05, 0.1) is 12.6 Å². The van der Waals surface area contributed by atoms with Gasteiger partial charge in [-0.1, -0.05) is 36.4 Å². The lowest BCUT2D eigenvalue weighted by molar-refractivity contribution is 0.0974. The highest BCUT2D eigenvalue weighted by atomic mass is 16.5. The average Bonchev–Trinajstić information content (AvgIpc) is 2.63. The number of hydrogen-bond acceptors (Lipinski definition) is 4. The highest BCUT2D eigenvalue weighted by molar-refractivity contribution is 6.14. The van der Waals surface area contributed by atoms with Gasteiger partial charge in [0.1, 0.15) is 0 Å². The first-order chi connectivity index (χ1) is 12.2. The van der Waals surface area contributed by atoms with Crippen molar-refractivity contribution in [1.29, 1.82) is 0 Å². The van der Waals surface area contributed by atoms with E-state index in [0.29, 0.717) is 18.8 Å². The lowest BCUT2D eigenvalue weighted by atomic mass is 9.89. The summed E-state index contributed by atoms with van der Waals surface area (Å²) in [4.78, 5) is 12.8. The number of phenolic OH excluding ortho intramolecular Hbond substituents is 1.